The van der Waals surface area contributed by atoms with Crippen molar-refractivity contribution >= 4 is 17.6 Å². The van der Waals surface area contributed by atoms with Gasteiger partial charge in [0, 0.05) is 38.3 Å². The van der Waals surface area contributed by atoms with Crippen LogP contribution in [0.1, 0.15) is 58.9 Å². The minimum Gasteiger partial charge on any atom is -0.341 e. The van der Waals surface area contributed by atoms with Crippen LogP contribution < -0.4 is 5.32 Å². The Balaban J connectivity index is 1.89. The fourth-order valence-electron chi connectivity index (χ4n) is 3.09. The third-order valence-electron chi connectivity index (χ3n) is 4.65. The smallest absolute Gasteiger partial charge is 0.321 e. The number of nitrogens with zero attached hydrogens (tertiary/aromatic N) is 2. The quantitative estimate of drug-likeness (QED) is 0.874. The van der Waals surface area contributed by atoms with Crippen molar-refractivity contribution in [3.8, 4) is 0 Å². The Bertz CT molecular complexity index is 617. The first kappa shape index (κ1) is 20.3. The van der Waals surface area contributed by atoms with Gasteiger partial charge in [0.2, 0.25) is 5.91 Å². The van der Waals surface area contributed by atoms with Gasteiger partial charge in [0.25, 0.3) is 0 Å². The Hall–Kier alpha value is -2.04. The molecule has 5 nitrogen and oxygen atoms in total. The summed E-state index contributed by atoms with van der Waals surface area (Å²) in [6.07, 6.45) is 1.36. The molecule has 0 spiro atoms. The van der Waals surface area contributed by atoms with E-state index in [1.807, 2.05) is 17.0 Å². The number of anilines is 1. The van der Waals surface area contributed by atoms with Crippen molar-refractivity contribution in [1.29, 1.82) is 0 Å². The fourth-order valence-corrected chi connectivity index (χ4v) is 3.09. The molecule has 144 valence electrons. The maximum absolute atomic E-state index is 12.6. The highest BCUT2D eigenvalue weighted by Crippen LogP contribution is 2.21. The van der Waals surface area contributed by atoms with Crippen LogP contribution in [0.3, 0.4) is 0 Å². The van der Waals surface area contributed by atoms with Crippen LogP contribution in [0.15, 0.2) is 24.3 Å². The third kappa shape index (κ3) is 6.04. The molecule has 0 unspecified atom stereocenters. The predicted molar refractivity (Wildman–Crippen MR) is 106 cm³/mol. The van der Waals surface area contributed by atoms with E-state index in [9.17, 15) is 9.59 Å². The number of nitrogens with one attached hydrogen (secondary N) is 1. The van der Waals surface area contributed by atoms with Gasteiger partial charge in [-0.05, 0) is 35.4 Å². The Labute approximate surface area is 157 Å². The van der Waals surface area contributed by atoms with Crippen LogP contribution in [-0.4, -0.2) is 47.9 Å². The number of hydrogen-bond acceptors (Lipinski definition) is 2. The zero-order valence-electron chi connectivity index (χ0n) is 16.8. The van der Waals surface area contributed by atoms with E-state index in [1.165, 1.54) is 5.56 Å². The molecule has 1 N–H and O–H groups in total. The first-order valence-electron chi connectivity index (χ1n) is 9.59. The Morgan fingerprint density at radius 3 is 2.15 bits per heavy atom. The van der Waals surface area contributed by atoms with Crippen molar-refractivity contribution in [1.82, 2.24) is 9.80 Å². The van der Waals surface area contributed by atoms with Crippen LogP contribution in [0.25, 0.3) is 0 Å². The number of carbonyl (C=O) groups is 2. The molecule has 2 rings (SSSR count). The molecule has 1 heterocycles. The van der Waals surface area contributed by atoms with Gasteiger partial charge in [0.15, 0.2) is 0 Å². The van der Waals surface area contributed by atoms with Gasteiger partial charge in [0.1, 0.15) is 0 Å². The molecule has 0 saturated carbocycles. The Morgan fingerprint density at radius 1 is 1.00 bits per heavy atom. The molecule has 0 aliphatic carbocycles. The van der Waals surface area contributed by atoms with E-state index in [-0.39, 0.29) is 17.4 Å². The maximum Gasteiger partial charge on any atom is 0.321 e. The molecule has 3 amide bonds. The molecule has 1 aromatic rings. The number of carbonyl (C=O) groups excluding carboxylic acids is 2. The highest BCUT2D eigenvalue weighted by molar-refractivity contribution is 5.89. The molecule has 1 aliphatic heterocycles. The van der Waals surface area contributed by atoms with E-state index in [1.54, 1.807) is 4.90 Å². The van der Waals surface area contributed by atoms with Crippen molar-refractivity contribution in [2.24, 2.45) is 5.41 Å². The topological polar surface area (TPSA) is 52.7 Å². The number of amides is 3. The zero-order valence-corrected chi connectivity index (χ0v) is 16.8. The third-order valence-corrected chi connectivity index (χ3v) is 4.65. The lowest BCUT2D eigenvalue weighted by Gasteiger charge is -2.25. The molecule has 1 aliphatic rings. The summed E-state index contributed by atoms with van der Waals surface area (Å²) in [4.78, 5) is 28.7. The van der Waals surface area contributed by atoms with Crippen molar-refractivity contribution < 1.29 is 9.59 Å². The second-order valence-corrected chi connectivity index (χ2v) is 8.67. The van der Waals surface area contributed by atoms with E-state index >= 15 is 0 Å². The summed E-state index contributed by atoms with van der Waals surface area (Å²) in [5.41, 5.74) is 2.05. The van der Waals surface area contributed by atoms with Gasteiger partial charge in [-0.15, -0.1) is 0 Å². The summed E-state index contributed by atoms with van der Waals surface area (Å²) >= 11 is 0. The molecule has 1 saturated heterocycles. The van der Waals surface area contributed by atoms with Crippen LogP contribution in [0.4, 0.5) is 10.5 Å². The van der Waals surface area contributed by atoms with Crippen molar-refractivity contribution in [2.45, 2.75) is 53.4 Å². The molecule has 0 aromatic heterocycles. The minimum atomic E-state index is -0.0904. The first-order chi connectivity index (χ1) is 12.2. The first-order valence-corrected chi connectivity index (χ1v) is 9.59. The normalized spacial score (nSPS) is 15.8. The van der Waals surface area contributed by atoms with Crippen LogP contribution in [0.2, 0.25) is 0 Å². The predicted octanol–water partition coefficient (Wildman–Crippen LogP) is 4.31. The lowest BCUT2D eigenvalue weighted by molar-refractivity contribution is -0.132. The highest BCUT2D eigenvalue weighted by atomic mass is 16.2. The largest absolute Gasteiger partial charge is 0.341 e. The van der Waals surface area contributed by atoms with Gasteiger partial charge in [-0.25, -0.2) is 4.79 Å². The van der Waals surface area contributed by atoms with Crippen molar-refractivity contribution in [3.63, 3.8) is 0 Å². The second-order valence-electron chi connectivity index (χ2n) is 8.67. The second kappa shape index (κ2) is 8.56. The molecular formula is C21H33N3O2. The summed E-state index contributed by atoms with van der Waals surface area (Å²) in [6.45, 7) is 13.1. The monoisotopic (exact) mass is 359 g/mol. The molecule has 0 atom stereocenters. The minimum absolute atomic E-state index is 0.0113. The van der Waals surface area contributed by atoms with Crippen LogP contribution in [-0.2, 0) is 4.79 Å². The number of benzene rings is 1. The van der Waals surface area contributed by atoms with Gasteiger partial charge >= 0.3 is 6.03 Å². The van der Waals surface area contributed by atoms with Crippen molar-refractivity contribution in [2.75, 3.05) is 31.5 Å². The average molecular weight is 360 g/mol. The molecule has 1 aromatic carbocycles. The summed E-state index contributed by atoms with van der Waals surface area (Å²) < 4.78 is 0. The van der Waals surface area contributed by atoms with Gasteiger partial charge in [-0.3, -0.25) is 4.79 Å². The summed E-state index contributed by atoms with van der Waals surface area (Å²) in [5.74, 6) is 0.658. The number of hydrogen-bond donors (Lipinski definition) is 1. The molecule has 26 heavy (non-hydrogen) atoms. The van der Waals surface area contributed by atoms with Gasteiger partial charge in [-0.1, -0.05) is 46.8 Å². The molecule has 0 bridgehead atoms. The lowest BCUT2D eigenvalue weighted by Crippen LogP contribution is -2.40. The number of rotatable bonds is 3. The Morgan fingerprint density at radius 2 is 1.58 bits per heavy atom. The van der Waals surface area contributed by atoms with E-state index < -0.39 is 0 Å². The van der Waals surface area contributed by atoms with Gasteiger partial charge in [-0.2, -0.15) is 0 Å². The molecule has 1 fully saturated rings. The van der Waals surface area contributed by atoms with Crippen LogP contribution in [0.5, 0.6) is 0 Å². The molecular weight excluding hydrogens is 326 g/mol. The number of urea groups is 1. The SMILES string of the molecule is CC(C)c1ccc(NC(=O)N2CCCN(C(=O)CC(C)(C)C)CC2)cc1. The highest BCUT2D eigenvalue weighted by Gasteiger charge is 2.25. The zero-order chi connectivity index (χ0) is 19.3. The lowest BCUT2D eigenvalue weighted by atomic mass is 9.91. The van der Waals surface area contributed by atoms with E-state index in [4.69, 9.17) is 0 Å². The average Bonchev–Trinajstić information content (AvgIpc) is 2.80. The van der Waals surface area contributed by atoms with E-state index in [0.29, 0.717) is 32.0 Å². The summed E-state index contributed by atoms with van der Waals surface area (Å²) in [7, 11) is 0. The van der Waals surface area contributed by atoms with Gasteiger partial charge < -0.3 is 15.1 Å². The van der Waals surface area contributed by atoms with Gasteiger partial charge in [0.05, 0.1) is 0 Å². The fraction of sp³-hybridized carbons (Fsp3) is 0.619. The summed E-state index contributed by atoms with van der Waals surface area (Å²) in [5, 5.41) is 2.97. The van der Waals surface area contributed by atoms with E-state index in [2.05, 4.69) is 52.1 Å². The van der Waals surface area contributed by atoms with Crippen molar-refractivity contribution in [3.05, 3.63) is 29.8 Å². The molecule has 0 radical (unpaired) electrons. The summed E-state index contributed by atoms with van der Waals surface area (Å²) in [6, 6.07) is 7.91. The standard InChI is InChI=1S/C21H33N3O2/c1-16(2)17-7-9-18(10-8-17)22-20(26)24-12-6-11-23(13-14-24)19(25)15-21(3,4)5/h7-10,16H,6,11-15H2,1-5H3,(H,22,26). The Kier molecular flexibility index (Phi) is 6.68. The van der Waals surface area contributed by atoms with Crippen LogP contribution >= 0.6 is 0 Å². The molecule has 5 heteroatoms. The van der Waals surface area contributed by atoms with Crippen LogP contribution in [0, 0.1) is 5.41 Å². The maximum atomic E-state index is 12.6. The van der Waals surface area contributed by atoms with E-state index in [0.717, 1.165) is 18.7 Å².